The number of amides is 1. The van der Waals surface area contributed by atoms with E-state index >= 15 is 0 Å². The van der Waals surface area contributed by atoms with Crippen molar-refractivity contribution in [3.8, 4) is 5.75 Å². The molecule has 1 aromatic carbocycles. The predicted molar refractivity (Wildman–Crippen MR) is 84.7 cm³/mol. The lowest BCUT2D eigenvalue weighted by Gasteiger charge is -2.31. The molecule has 0 spiro atoms. The number of aliphatic hydroxyl groups is 1. The summed E-state index contributed by atoms with van der Waals surface area (Å²) in [5.74, 6) is -2.05. The quantitative estimate of drug-likeness (QED) is 0.785. The molecule has 1 atom stereocenters. The van der Waals surface area contributed by atoms with Crippen LogP contribution in [0.4, 0.5) is 17.6 Å². The largest absolute Gasteiger partial charge is 0.484 e. The van der Waals surface area contributed by atoms with Crippen LogP contribution < -0.4 is 4.74 Å². The van der Waals surface area contributed by atoms with Crippen molar-refractivity contribution in [1.82, 2.24) is 5.01 Å². The molecule has 0 saturated heterocycles. The highest BCUT2D eigenvalue weighted by Crippen LogP contribution is 2.39. The molecule has 3 rings (SSSR count). The fraction of sp³-hybridized carbons (Fsp3) is 0.250. The topological polar surface area (TPSA) is 75.3 Å². The summed E-state index contributed by atoms with van der Waals surface area (Å²) in [5.41, 5.74) is -3.44. The summed E-state index contributed by atoms with van der Waals surface area (Å²) in [6.07, 6.45) is -5.20. The second-order valence-corrected chi connectivity index (χ2v) is 5.97. The van der Waals surface area contributed by atoms with E-state index in [1.165, 1.54) is 12.1 Å². The van der Waals surface area contributed by atoms with E-state index in [4.69, 9.17) is 20.8 Å². The van der Waals surface area contributed by atoms with E-state index < -0.39 is 35.8 Å². The number of rotatable bonds is 4. The number of hydrazone groups is 1. The molecule has 11 heteroatoms. The molecule has 0 bridgehead atoms. The molecular formula is C16H11ClF4N2O4. The summed E-state index contributed by atoms with van der Waals surface area (Å²) in [6.45, 7) is -0.217. The molecule has 27 heavy (non-hydrogen) atoms. The third-order valence-electron chi connectivity index (χ3n) is 3.71. The number of carbonyl (C=O) groups excluding carboxylic acids is 1. The average molecular weight is 407 g/mol. The van der Waals surface area contributed by atoms with E-state index in [0.717, 1.165) is 24.4 Å². The van der Waals surface area contributed by atoms with Crippen molar-refractivity contribution < 1.29 is 36.6 Å². The molecule has 0 saturated carbocycles. The number of ether oxygens (including phenoxy) is 1. The fourth-order valence-corrected chi connectivity index (χ4v) is 2.53. The zero-order valence-electron chi connectivity index (χ0n) is 13.3. The van der Waals surface area contributed by atoms with E-state index in [1.807, 2.05) is 0 Å². The Hall–Kier alpha value is -2.59. The molecule has 1 aromatic heterocycles. The number of hydrogen-bond donors (Lipinski definition) is 1. The van der Waals surface area contributed by atoms with Gasteiger partial charge in [-0.25, -0.2) is 4.39 Å². The summed E-state index contributed by atoms with van der Waals surface area (Å²) < 4.78 is 62.6. The van der Waals surface area contributed by atoms with Crippen LogP contribution in [0.15, 0.2) is 39.9 Å². The standard InChI is InChI=1S/C16H11ClF4N2O4/c17-11-7-9(18)1-3-12(11)26-8-10-2-4-13(27-10)14(24)23-15(25,5-6-22-23)16(19,20)21/h1-4,6-7,25H,5,8H2/t15-/m1/s1. The normalized spacial score (nSPS) is 19.6. The SMILES string of the molecule is O=C(c1ccc(COc2ccc(F)cc2Cl)o1)N1N=CC[C@@]1(O)C(F)(F)F. The maximum atomic E-state index is 13.0. The van der Waals surface area contributed by atoms with Gasteiger partial charge in [0, 0.05) is 12.6 Å². The smallest absolute Gasteiger partial charge is 0.438 e. The van der Waals surface area contributed by atoms with Crippen molar-refractivity contribution in [3.05, 3.63) is 52.7 Å². The molecule has 1 N–H and O–H groups in total. The van der Waals surface area contributed by atoms with Crippen LogP contribution in [-0.4, -0.2) is 34.1 Å². The number of hydrogen-bond acceptors (Lipinski definition) is 5. The lowest BCUT2D eigenvalue weighted by molar-refractivity contribution is -0.297. The first-order valence-corrected chi connectivity index (χ1v) is 7.82. The van der Waals surface area contributed by atoms with Gasteiger partial charge in [0.15, 0.2) is 5.76 Å². The average Bonchev–Trinajstić information content (AvgIpc) is 3.20. The van der Waals surface area contributed by atoms with Gasteiger partial charge in [-0.05, 0) is 30.3 Å². The van der Waals surface area contributed by atoms with Gasteiger partial charge in [-0.1, -0.05) is 11.6 Å². The molecule has 6 nitrogen and oxygen atoms in total. The van der Waals surface area contributed by atoms with E-state index in [0.29, 0.717) is 0 Å². The molecule has 0 radical (unpaired) electrons. The van der Waals surface area contributed by atoms with Crippen molar-refractivity contribution in [2.45, 2.75) is 24.9 Å². The van der Waals surface area contributed by atoms with E-state index in [-0.39, 0.29) is 28.1 Å². The summed E-state index contributed by atoms with van der Waals surface area (Å²) in [4.78, 5) is 12.2. The van der Waals surface area contributed by atoms with Crippen molar-refractivity contribution in [3.63, 3.8) is 0 Å². The third-order valence-corrected chi connectivity index (χ3v) is 4.00. The highest BCUT2D eigenvalue weighted by atomic mass is 35.5. The molecular weight excluding hydrogens is 396 g/mol. The highest BCUT2D eigenvalue weighted by Gasteiger charge is 2.61. The Morgan fingerprint density at radius 1 is 1.37 bits per heavy atom. The molecule has 1 aliphatic heterocycles. The van der Waals surface area contributed by atoms with Gasteiger partial charge < -0.3 is 14.3 Å². The molecule has 144 valence electrons. The van der Waals surface area contributed by atoms with Gasteiger partial charge in [-0.15, -0.1) is 0 Å². The van der Waals surface area contributed by atoms with Crippen LogP contribution in [0, 0.1) is 5.82 Å². The first kappa shape index (κ1) is 19.2. The van der Waals surface area contributed by atoms with Crippen LogP contribution in [0.1, 0.15) is 22.7 Å². The Morgan fingerprint density at radius 2 is 2.11 bits per heavy atom. The summed E-state index contributed by atoms with van der Waals surface area (Å²) in [7, 11) is 0. The molecule has 0 unspecified atom stereocenters. The van der Waals surface area contributed by atoms with Gasteiger partial charge in [-0.2, -0.15) is 23.3 Å². The van der Waals surface area contributed by atoms with Gasteiger partial charge in [0.1, 0.15) is 23.9 Å². The third kappa shape index (κ3) is 3.62. The van der Waals surface area contributed by atoms with Crippen molar-refractivity contribution in [1.29, 1.82) is 0 Å². The van der Waals surface area contributed by atoms with E-state index in [2.05, 4.69) is 5.10 Å². The zero-order chi connectivity index (χ0) is 19.8. The Morgan fingerprint density at radius 3 is 2.78 bits per heavy atom. The minimum atomic E-state index is -5.10. The number of benzene rings is 1. The zero-order valence-corrected chi connectivity index (χ0v) is 14.1. The molecule has 2 aromatic rings. The Bertz CT molecular complexity index is 899. The van der Waals surface area contributed by atoms with Gasteiger partial charge >= 0.3 is 12.1 Å². The number of nitrogens with zero attached hydrogens (tertiary/aromatic N) is 2. The number of carbonyl (C=O) groups is 1. The first-order valence-electron chi connectivity index (χ1n) is 7.44. The monoisotopic (exact) mass is 406 g/mol. The van der Waals surface area contributed by atoms with Crippen LogP contribution in [-0.2, 0) is 6.61 Å². The Balaban J connectivity index is 1.72. The van der Waals surface area contributed by atoms with Crippen LogP contribution in [0.2, 0.25) is 5.02 Å². The van der Waals surface area contributed by atoms with E-state index in [1.54, 1.807) is 0 Å². The molecule has 0 fully saturated rings. The maximum Gasteiger partial charge on any atom is 0.438 e. The molecule has 1 amide bonds. The van der Waals surface area contributed by atoms with Crippen LogP contribution >= 0.6 is 11.6 Å². The Labute approximate surface area is 154 Å². The van der Waals surface area contributed by atoms with E-state index in [9.17, 15) is 27.5 Å². The fourth-order valence-electron chi connectivity index (χ4n) is 2.30. The molecule has 1 aliphatic rings. The van der Waals surface area contributed by atoms with Crippen LogP contribution in [0.5, 0.6) is 5.75 Å². The molecule has 0 aliphatic carbocycles. The molecule has 2 heterocycles. The first-order chi connectivity index (χ1) is 12.6. The highest BCUT2D eigenvalue weighted by molar-refractivity contribution is 6.32. The van der Waals surface area contributed by atoms with Gasteiger partial charge in [0.25, 0.3) is 5.72 Å². The Kier molecular flexibility index (Phi) is 4.87. The minimum absolute atomic E-state index is 0.0134. The predicted octanol–water partition coefficient (Wildman–Crippen LogP) is 3.73. The van der Waals surface area contributed by atoms with Crippen LogP contribution in [0.3, 0.4) is 0 Å². The van der Waals surface area contributed by atoms with Gasteiger partial charge in [0.05, 0.1) is 5.02 Å². The number of halogens is 5. The lowest BCUT2D eigenvalue weighted by Crippen LogP contribution is -2.56. The number of furan rings is 1. The summed E-state index contributed by atoms with van der Waals surface area (Å²) in [6, 6.07) is 5.88. The van der Waals surface area contributed by atoms with Gasteiger partial charge in [0.2, 0.25) is 0 Å². The van der Waals surface area contributed by atoms with Crippen molar-refractivity contribution in [2.75, 3.05) is 0 Å². The van der Waals surface area contributed by atoms with Gasteiger partial charge in [-0.3, -0.25) is 4.79 Å². The van der Waals surface area contributed by atoms with Crippen molar-refractivity contribution in [2.24, 2.45) is 5.10 Å². The second kappa shape index (κ2) is 6.86. The lowest BCUT2D eigenvalue weighted by atomic mass is 10.1. The second-order valence-electron chi connectivity index (χ2n) is 5.56. The summed E-state index contributed by atoms with van der Waals surface area (Å²) in [5, 5.41) is 13.0. The van der Waals surface area contributed by atoms with Crippen LogP contribution in [0.25, 0.3) is 0 Å². The number of alkyl halides is 3. The van der Waals surface area contributed by atoms with Crippen molar-refractivity contribution >= 4 is 23.7 Å². The maximum absolute atomic E-state index is 13.0. The minimum Gasteiger partial charge on any atom is -0.484 e. The summed E-state index contributed by atoms with van der Waals surface area (Å²) >= 11 is 5.81.